The third-order valence-corrected chi connectivity index (χ3v) is 4.69. The van der Waals surface area contributed by atoms with Crippen LogP contribution in [0.25, 0.3) is 0 Å². The summed E-state index contributed by atoms with van der Waals surface area (Å²) in [5.41, 5.74) is 6.10. The number of hydrogen-bond acceptors (Lipinski definition) is 4. The van der Waals surface area contributed by atoms with Gasteiger partial charge in [0.1, 0.15) is 17.5 Å². The van der Waals surface area contributed by atoms with Crippen molar-refractivity contribution in [3.63, 3.8) is 0 Å². The van der Waals surface area contributed by atoms with Gasteiger partial charge in [-0.1, -0.05) is 6.07 Å². The Labute approximate surface area is 159 Å². The van der Waals surface area contributed by atoms with Gasteiger partial charge < -0.3 is 15.4 Å². The summed E-state index contributed by atoms with van der Waals surface area (Å²) in [5, 5.41) is 0. The summed E-state index contributed by atoms with van der Waals surface area (Å²) in [6.45, 7) is 1.23. The molecule has 0 saturated carbocycles. The van der Waals surface area contributed by atoms with Crippen LogP contribution in [-0.2, 0) is 0 Å². The van der Waals surface area contributed by atoms with Crippen LogP contribution >= 0.6 is 22.6 Å². The molecule has 2 amide bonds. The molecule has 3 rings (SSSR count). The van der Waals surface area contributed by atoms with E-state index in [4.69, 9.17) is 10.5 Å². The number of piperidine rings is 1. The maximum absolute atomic E-state index is 12.7. The molecule has 2 heterocycles. The third-order valence-electron chi connectivity index (χ3n) is 4.02. The fraction of sp³-hybridized carbons (Fsp3) is 0.278. The van der Waals surface area contributed by atoms with E-state index in [0.717, 1.165) is 16.4 Å². The van der Waals surface area contributed by atoms with Crippen molar-refractivity contribution in [2.45, 2.75) is 18.9 Å². The number of nitrogens with two attached hydrogens (primary N) is 1. The van der Waals surface area contributed by atoms with Crippen LogP contribution in [0.1, 0.15) is 33.7 Å². The molecule has 25 heavy (non-hydrogen) atoms. The fourth-order valence-electron chi connectivity index (χ4n) is 2.83. The second-order valence-corrected chi connectivity index (χ2v) is 7.13. The first-order valence-corrected chi connectivity index (χ1v) is 9.08. The Balaban J connectivity index is 1.68. The largest absolute Gasteiger partial charge is 0.488 e. The van der Waals surface area contributed by atoms with Crippen molar-refractivity contribution in [3.05, 3.63) is 57.4 Å². The average molecular weight is 451 g/mol. The van der Waals surface area contributed by atoms with Gasteiger partial charge in [0, 0.05) is 27.9 Å². The fourth-order valence-corrected chi connectivity index (χ4v) is 3.38. The number of likely N-dealkylation sites (tertiary alicyclic amines) is 1. The van der Waals surface area contributed by atoms with Gasteiger partial charge in [-0.15, -0.1) is 0 Å². The van der Waals surface area contributed by atoms with E-state index in [1.165, 1.54) is 12.3 Å². The zero-order chi connectivity index (χ0) is 17.8. The van der Waals surface area contributed by atoms with E-state index < -0.39 is 5.91 Å². The molecule has 2 N–H and O–H groups in total. The second-order valence-electron chi connectivity index (χ2n) is 5.88. The zero-order valence-electron chi connectivity index (χ0n) is 13.5. The molecular weight excluding hydrogens is 433 g/mol. The van der Waals surface area contributed by atoms with Gasteiger partial charge in [0.15, 0.2) is 0 Å². The van der Waals surface area contributed by atoms with Crippen molar-refractivity contribution in [2.75, 3.05) is 13.1 Å². The quantitative estimate of drug-likeness (QED) is 0.724. The molecule has 6 nitrogen and oxygen atoms in total. The molecule has 2 aromatic rings. The number of carbonyl (C=O) groups excluding carboxylic acids is 2. The Morgan fingerprint density at radius 2 is 2.12 bits per heavy atom. The standard InChI is InChI=1S/C18H18IN3O3/c19-13-4-1-3-12(9-13)18(24)22-8-2-5-15(11-22)25-14-6-7-21-16(10-14)17(20)23/h1,3-4,6-7,9-10,15H,2,5,8,11H2,(H2,20,23). The smallest absolute Gasteiger partial charge is 0.267 e. The van der Waals surface area contributed by atoms with Gasteiger partial charge in [0.05, 0.1) is 6.54 Å². The Morgan fingerprint density at radius 3 is 2.88 bits per heavy atom. The zero-order valence-corrected chi connectivity index (χ0v) is 15.7. The van der Waals surface area contributed by atoms with Crippen LogP contribution in [0.5, 0.6) is 5.75 Å². The number of primary amides is 1. The lowest BCUT2D eigenvalue weighted by Gasteiger charge is -2.33. The molecule has 0 aliphatic carbocycles. The van der Waals surface area contributed by atoms with Crippen molar-refractivity contribution in [3.8, 4) is 5.75 Å². The minimum atomic E-state index is -0.593. The van der Waals surface area contributed by atoms with Crippen molar-refractivity contribution < 1.29 is 14.3 Å². The second kappa shape index (κ2) is 7.81. The SMILES string of the molecule is NC(=O)c1cc(OC2CCCN(C(=O)c3cccc(I)c3)C2)ccn1. The summed E-state index contributed by atoms with van der Waals surface area (Å²) < 4.78 is 6.97. The number of amides is 2. The molecule has 1 aromatic carbocycles. The number of hydrogen-bond donors (Lipinski definition) is 1. The number of benzene rings is 1. The van der Waals surface area contributed by atoms with E-state index in [-0.39, 0.29) is 17.7 Å². The van der Waals surface area contributed by atoms with Crippen LogP contribution in [0.3, 0.4) is 0 Å². The predicted molar refractivity (Wildman–Crippen MR) is 101 cm³/mol. The van der Waals surface area contributed by atoms with Crippen LogP contribution < -0.4 is 10.5 Å². The summed E-state index contributed by atoms with van der Waals surface area (Å²) >= 11 is 2.20. The molecular formula is C18H18IN3O3. The van der Waals surface area contributed by atoms with Gasteiger partial charge in [0.2, 0.25) is 0 Å². The van der Waals surface area contributed by atoms with E-state index in [0.29, 0.717) is 24.4 Å². The van der Waals surface area contributed by atoms with Crippen LogP contribution in [0.15, 0.2) is 42.6 Å². The number of rotatable bonds is 4. The van der Waals surface area contributed by atoms with E-state index >= 15 is 0 Å². The highest BCUT2D eigenvalue weighted by molar-refractivity contribution is 14.1. The first kappa shape index (κ1) is 17.7. The van der Waals surface area contributed by atoms with Crippen LogP contribution in [0, 0.1) is 3.57 Å². The minimum Gasteiger partial charge on any atom is -0.488 e. The molecule has 1 aliphatic heterocycles. The number of aromatic nitrogens is 1. The summed E-state index contributed by atoms with van der Waals surface area (Å²) in [6, 6.07) is 10.8. The van der Waals surface area contributed by atoms with Crippen LogP contribution in [0.2, 0.25) is 0 Å². The van der Waals surface area contributed by atoms with Crippen molar-refractivity contribution in [2.24, 2.45) is 5.73 Å². The molecule has 1 saturated heterocycles. The van der Waals surface area contributed by atoms with Crippen molar-refractivity contribution in [1.82, 2.24) is 9.88 Å². The van der Waals surface area contributed by atoms with E-state index in [9.17, 15) is 9.59 Å². The Morgan fingerprint density at radius 1 is 1.28 bits per heavy atom. The monoisotopic (exact) mass is 451 g/mol. The molecule has 1 aromatic heterocycles. The van der Waals surface area contributed by atoms with E-state index in [1.54, 1.807) is 6.07 Å². The molecule has 0 bridgehead atoms. The molecule has 130 valence electrons. The maximum atomic E-state index is 12.7. The van der Waals surface area contributed by atoms with Gasteiger partial charge in [-0.2, -0.15) is 0 Å². The van der Waals surface area contributed by atoms with E-state index in [2.05, 4.69) is 27.6 Å². The predicted octanol–water partition coefficient (Wildman–Crippen LogP) is 2.47. The number of halogens is 1. The topological polar surface area (TPSA) is 85.5 Å². The molecule has 0 spiro atoms. The summed E-state index contributed by atoms with van der Waals surface area (Å²) in [4.78, 5) is 29.6. The van der Waals surface area contributed by atoms with Gasteiger partial charge in [-0.05, 0) is 59.7 Å². The first-order valence-electron chi connectivity index (χ1n) is 8.00. The minimum absolute atomic E-state index is 0.0133. The van der Waals surface area contributed by atoms with Gasteiger partial charge in [-0.3, -0.25) is 14.6 Å². The lowest BCUT2D eigenvalue weighted by atomic mass is 10.1. The summed E-state index contributed by atoms with van der Waals surface area (Å²) in [5.74, 6) is -0.0405. The summed E-state index contributed by atoms with van der Waals surface area (Å²) in [6.07, 6.45) is 3.09. The van der Waals surface area contributed by atoms with Gasteiger partial charge in [0.25, 0.3) is 11.8 Å². The number of carbonyl (C=O) groups is 2. The molecule has 1 unspecified atom stereocenters. The molecule has 1 aliphatic rings. The van der Waals surface area contributed by atoms with Crippen molar-refractivity contribution >= 4 is 34.4 Å². The maximum Gasteiger partial charge on any atom is 0.267 e. The highest BCUT2D eigenvalue weighted by Crippen LogP contribution is 2.20. The lowest BCUT2D eigenvalue weighted by Crippen LogP contribution is -2.44. The number of ether oxygens (including phenoxy) is 1. The molecule has 0 radical (unpaired) electrons. The normalized spacial score (nSPS) is 17.2. The lowest BCUT2D eigenvalue weighted by molar-refractivity contribution is 0.0537. The molecule has 1 fully saturated rings. The highest BCUT2D eigenvalue weighted by Gasteiger charge is 2.26. The number of pyridine rings is 1. The highest BCUT2D eigenvalue weighted by atomic mass is 127. The van der Waals surface area contributed by atoms with Gasteiger partial charge in [-0.25, -0.2) is 0 Å². The first-order chi connectivity index (χ1) is 12.0. The van der Waals surface area contributed by atoms with Crippen LogP contribution in [0.4, 0.5) is 0 Å². The summed E-state index contributed by atoms with van der Waals surface area (Å²) in [7, 11) is 0. The Hall–Kier alpha value is -2.16. The molecule has 7 heteroatoms. The Bertz CT molecular complexity index is 797. The third kappa shape index (κ3) is 4.47. The Kier molecular flexibility index (Phi) is 5.52. The average Bonchev–Trinajstić information content (AvgIpc) is 2.61. The van der Waals surface area contributed by atoms with E-state index in [1.807, 2.05) is 29.2 Å². The number of nitrogens with zero attached hydrogens (tertiary/aromatic N) is 2. The van der Waals surface area contributed by atoms with Crippen LogP contribution in [-0.4, -0.2) is 40.9 Å². The molecule has 1 atom stereocenters. The van der Waals surface area contributed by atoms with Gasteiger partial charge >= 0.3 is 0 Å². The van der Waals surface area contributed by atoms with Crippen molar-refractivity contribution in [1.29, 1.82) is 0 Å².